The molecular formula is C34H49ClN6O4. The second-order valence-electron chi connectivity index (χ2n) is 13.6. The summed E-state index contributed by atoms with van der Waals surface area (Å²) in [6.45, 7) is 11.2. The molecule has 0 unspecified atom stereocenters. The molecule has 2 heterocycles. The van der Waals surface area contributed by atoms with Gasteiger partial charge in [-0.25, -0.2) is 9.78 Å². The fourth-order valence-corrected chi connectivity index (χ4v) is 6.97. The van der Waals surface area contributed by atoms with Gasteiger partial charge in [0.25, 0.3) is 0 Å². The highest BCUT2D eigenvalue weighted by Crippen LogP contribution is 2.47. The minimum atomic E-state index is -0.762. The number of ether oxygens (including phenoxy) is 1. The first-order valence-electron chi connectivity index (χ1n) is 16.2. The maximum absolute atomic E-state index is 14.1. The quantitative estimate of drug-likeness (QED) is 0.287. The molecule has 0 radical (unpaired) electrons. The van der Waals surface area contributed by atoms with E-state index in [4.69, 9.17) is 16.3 Å². The summed E-state index contributed by atoms with van der Waals surface area (Å²) in [5.74, 6) is 0.165. The fourth-order valence-electron chi connectivity index (χ4n) is 6.84. The minimum Gasteiger partial charge on any atom is -0.444 e. The summed E-state index contributed by atoms with van der Waals surface area (Å²) in [4.78, 5) is 46.0. The Morgan fingerprint density at radius 3 is 2.40 bits per heavy atom. The molecule has 2 atom stereocenters. The minimum absolute atomic E-state index is 0.0155. The lowest BCUT2D eigenvalue weighted by Gasteiger charge is -2.48. The number of likely N-dealkylation sites (tertiary alicyclic amines) is 1. The Morgan fingerprint density at radius 1 is 1.11 bits per heavy atom. The highest BCUT2D eigenvalue weighted by molar-refractivity contribution is 6.30. The number of hydrogen-bond acceptors (Lipinski definition) is 6. The smallest absolute Gasteiger partial charge is 0.407 e. The van der Waals surface area contributed by atoms with Gasteiger partial charge in [0.2, 0.25) is 11.8 Å². The molecule has 1 aliphatic carbocycles. The van der Waals surface area contributed by atoms with Gasteiger partial charge in [0.15, 0.2) is 0 Å². The Labute approximate surface area is 272 Å². The number of piperidine rings is 1. The van der Waals surface area contributed by atoms with Crippen molar-refractivity contribution in [2.75, 3.05) is 13.1 Å². The molecule has 0 spiro atoms. The highest BCUT2D eigenvalue weighted by Gasteiger charge is 2.44. The van der Waals surface area contributed by atoms with Crippen molar-refractivity contribution in [1.82, 2.24) is 30.3 Å². The van der Waals surface area contributed by atoms with Crippen molar-refractivity contribution in [2.45, 2.75) is 109 Å². The van der Waals surface area contributed by atoms with Crippen molar-refractivity contribution in [2.24, 2.45) is 11.3 Å². The number of halogens is 1. The Balaban J connectivity index is 1.46. The summed E-state index contributed by atoms with van der Waals surface area (Å²) >= 11 is 6.12. The zero-order valence-corrected chi connectivity index (χ0v) is 27.7. The van der Waals surface area contributed by atoms with Crippen LogP contribution in [0.1, 0.15) is 84.1 Å². The molecule has 11 heteroatoms. The first-order valence-corrected chi connectivity index (χ1v) is 16.6. The predicted octanol–water partition coefficient (Wildman–Crippen LogP) is 5.71. The lowest BCUT2D eigenvalue weighted by atomic mass is 9.63. The van der Waals surface area contributed by atoms with Crippen LogP contribution < -0.4 is 10.6 Å². The van der Waals surface area contributed by atoms with Crippen molar-refractivity contribution in [3.8, 4) is 0 Å². The fraction of sp³-hybridized carbons (Fsp3) is 0.618. The van der Waals surface area contributed by atoms with Gasteiger partial charge in [-0.2, -0.15) is 5.10 Å². The number of benzene rings is 1. The van der Waals surface area contributed by atoms with Gasteiger partial charge in [-0.3, -0.25) is 14.3 Å². The van der Waals surface area contributed by atoms with Crippen LogP contribution >= 0.6 is 11.6 Å². The van der Waals surface area contributed by atoms with E-state index in [1.807, 2.05) is 21.7 Å². The monoisotopic (exact) mass is 640 g/mol. The molecule has 2 N–H and O–H groups in total. The second-order valence-corrected chi connectivity index (χ2v) is 14.1. The van der Waals surface area contributed by atoms with Crippen LogP contribution in [0.15, 0.2) is 49.6 Å². The van der Waals surface area contributed by atoms with Crippen molar-refractivity contribution >= 4 is 29.5 Å². The maximum Gasteiger partial charge on any atom is 0.407 e. The first kappa shape index (κ1) is 34.5. The van der Waals surface area contributed by atoms with Gasteiger partial charge < -0.3 is 20.3 Å². The third-order valence-electron chi connectivity index (χ3n) is 9.08. The third kappa shape index (κ3) is 10.3. The van der Waals surface area contributed by atoms with E-state index in [0.717, 1.165) is 24.9 Å². The van der Waals surface area contributed by atoms with E-state index >= 15 is 0 Å². The van der Waals surface area contributed by atoms with E-state index in [1.54, 1.807) is 51.6 Å². The maximum atomic E-state index is 14.1. The molecule has 2 aliphatic rings. The molecule has 1 aliphatic heterocycles. The molecular weight excluding hydrogens is 592 g/mol. The van der Waals surface area contributed by atoms with Crippen LogP contribution in [0.3, 0.4) is 0 Å². The van der Waals surface area contributed by atoms with Gasteiger partial charge in [-0.1, -0.05) is 49.1 Å². The number of hydrogen-bond donors (Lipinski definition) is 2. The Hall–Kier alpha value is -3.40. The molecule has 2 aromatic rings. The summed E-state index contributed by atoms with van der Waals surface area (Å²) < 4.78 is 7.33. The Bertz CT molecular complexity index is 1260. The van der Waals surface area contributed by atoms with Crippen molar-refractivity contribution in [1.29, 1.82) is 0 Å². The predicted molar refractivity (Wildman–Crippen MR) is 175 cm³/mol. The van der Waals surface area contributed by atoms with Crippen molar-refractivity contribution in [3.05, 3.63) is 60.2 Å². The molecule has 1 saturated heterocycles. The molecule has 2 fully saturated rings. The van der Waals surface area contributed by atoms with Crippen LogP contribution in [0.4, 0.5) is 4.79 Å². The molecule has 1 saturated carbocycles. The molecule has 3 amide bonds. The molecule has 4 rings (SSSR count). The van der Waals surface area contributed by atoms with Gasteiger partial charge in [-0.05, 0) is 81.9 Å². The van der Waals surface area contributed by atoms with Crippen LogP contribution in [0, 0.1) is 11.3 Å². The molecule has 1 aromatic heterocycles. The number of nitrogens with zero attached hydrogens (tertiary/aromatic N) is 4. The summed E-state index contributed by atoms with van der Waals surface area (Å²) in [6.07, 6.45) is 13.1. The SMILES string of the molecule is C=CC[C@@H](CC(=O)N[C@H](Cc1ccc(Cl)cc1)C(=O)N1CCC(Cn2cncn2)(C2CCCCC2)CC1)NC(=O)OC(C)(C)C. The number of carbonyl (C=O) groups excluding carboxylic acids is 3. The van der Waals surface area contributed by atoms with Gasteiger partial charge >= 0.3 is 6.09 Å². The number of nitrogens with one attached hydrogen (secondary N) is 2. The largest absolute Gasteiger partial charge is 0.444 e. The number of aromatic nitrogens is 3. The van der Waals surface area contributed by atoms with Crippen LogP contribution in [-0.4, -0.2) is 68.3 Å². The van der Waals surface area contributed by atoms with E-state index in [-0.39, 0.29) is 23.7 Å². The molecule has 0 bridgehead atoms. The lowest BCUT2D eigenvalue weighted by molar-refractivity contribution is -0.139. The Morgan fingerprint density at radius 2 is 1.80 bits per heavy atom. The zero-order chi connectivity index (χ0) is 32.5. The lowest BCUT2D eigenvalue weighted by Crippen LogP contribution is -2.55. The van der Waals surface area contributed by atoms with Gasteiger partial charge in [0.05, 0.1) is 0 Å². The van der Waals surface area contributed by atoms with Gasteiger partial charge in [0, 0.05) is 43.5 Å². The Kier molecular flexibility index (Phi) is 12.1. The van der Waals surface area contributed by atoms with Crippen LogP contribution in [0.25, 0.3) is 0 Å². The first-order chi connectivity index (χ1) is 21.5. The number of amides is 3. The average molecular weight is 641 g/mol. The summed E-state index contributed by atoms with van der Waals surface area (Å²) in [7, 11) is 0. The van der Waals surface area contributed by atoms with E-state index in [9.17, 15) is 14.4 Å². The average Bonchev–Trinajstić information content (AvgIpc) is 3.50. The molecule has 10 nitrogen and oxygen atoms in total. The summed E-state index contributed by atoms with van der Waals surface area (Å²) in [5, 5.41) is 10.8. The van der Waals surface area contributed by atoms with Crippen LogP contribution in [0.5, 0.6) is 0 Å². The van der Waals surface area contributed by atoms with Crippen molar-refractivity contribution < 1.29 is 19.1 Å². The van der Waals surface area contributed by atoms with E-state index in [2.05, 4.69) is 27.3 Å². The topological polar surface area (TPSA) is 118 Å². The normalized spacial score (nSPS) is 18.4. The summed E-state index contributed by atoms with van der Waals surface area (Å²) in [5.41, 5.74) is 0.289. The highest BCUT2D eigenvalue weighted by atomic mass is 35.5. The van der Waals surface area contributed by atoms with Crippen LogP contribution in [0.2, 0.25) is 5.02 Å². The zero-order valence-electron chi connectivity index (χ0n) is 27.0. The van der Waals surface area contributed by atoms with E-state index < -0.39 is 23.8 Å². The molecule has 45 heavy (non-hydrogen) atoms. The van der Waals surface area contributed by atoms with Crippen molar-refractivity contribution in [3.63, 3.8) is 0 Å². The standard InChI is InChI=1S/C34H49ClN6O4/c1-5-9-28(38-32(44)45-33(2,3)4)21-30(42)39-29(20-25-12-14-27(35)15-13-25)31(43)40-18-16-34(17-19-40,22-41-24-36-23-37-41)26-10-7-6-8-11-26/h5,12-15,23-24,26,28-29H,1,6-11,16-22H2,2-4H3,(H,38,44)(H,39,42)/t28-,29+/m0/s1. The van der Waals surface area contributed by atoms with Gasteiger partial charge in [-0.15, -0.1) is 6.58 Å². The number of rotatable bonds is 12. The number of alkyl carbamates (subject to hydrolysis) is 1. The third-order valence-corrected chi connectivity index (χ3v) is 9.33. The number of carbonyl (C=O) groups is 3. The molecule has 246 valence electrons. The summed E-state index contributed by atoms with van der Waals surface area (Å²) in [6, 6.07) is 6.04. The van der Waals surface area contributed by atoms with Crippen LogP contribution in [-0.2, 0) is 27.3 Å². The van der Waals surface area contributed by atoms with Gasteiger partial charge in [0.1, 0.15) is 24.3 Å². The molecule has 1 aromatic carbocycles. The van der Waals surface area contributed by atoms with E-state index in [0.29, 0.717) is 36.9 Å². The van der Waals surface area contributed by atoms with E-state index in [1.165, 1.54) is 32.1 Å². The second kappa shape index (κ2) is 15.7.